The highest BCUT2D eigenvalue weighted by atomic mass is 32.1. The molecular weight excluding hydrogens is 320 g/mol. The molecular formula is C19H22N2O2S. The Bertz CT molecular complexity index is 708. The molecule has 4 nitrogen and oxygen atoms in total. The first-order valence-corrected chi connectivity index (χ1v) is 9.50. The molecule has 0 aliphatic carbocycles. The second kappa shape index (κ2) is 6.95. The number of likely N-dealkylation sites (tertiary alicyclic amines) is 1. The summed E-state index contributed by atoms with van der Waals surface area (Å²) in [5, 5.41) is 5.25. The molecule has 5 heteroatoms. The van der Waals surface area contributed by atoms with E-state index in [-0.39, 0.29) is 11.9 Å². The molecule has 0 unspecified atom stereocenters. The van der Waals surface area contributed by atoms with Crippen LogP contribution in [-0.4, -0.2) is 37.0 Å². The predicted octanol–water partition coefficient (Wildman–Crippen LogP) is 3.25. The van der Waals surface area contributed by atoms with Gasteiger partial charge in [0.25, 0.3) is 5.91 Å². The summed E-state index contributed by atoms with van der Waals surface area (Å²) in [6.45, 7) is 3.62. The molecule has 4 rings (SSSR count). The summed E-state index contributed by atoms with van der Waals surface area (Å²) in [5.74, 6) is 0.922. The molecule has 1 atom stereocenters. The SMILES string of the molecule is O=C(NC[C@@H](c1cccs1)N1CCCC1)c1ccc2c(c1)CCO2. The molecule has 0 saturated carbocycles. The van der Waals surface area contributed by atoms with Crippen molar-refractivity contribution in [3.05, 3.63) is 51.7 Å². The number of ether oxygens (including phenoxy) is 1. The van der Waals surface area contributed by atoms with Crippen LogP contribution in [0.2, 0.25) is 0 Å². The van der Waals surface area contributed by atoms with Gasteiger partial charge in [-0.05, 0) is 61.1 Å². The molecule has 1 aromatic carbocycles. The minimum Gasteiger partial charge on any atom is -0.493 e. The third-order valence-electron chi connectivity index (χ3n) is 4.86. The first-order valence-electron chi connectivity index (χ1n) is 8.62. The largest absolute Gasteiger partial charge is 0.493 e. The Labute approximate surface area is 146 Å². The maximum absolute atomic E-state index is 12.6. The van der Waals surface area contributed by atoms with E-state index in [0.717, 1.165) is 43.0 Å². The van der Waals surface area contributed by atoms with Crippen LogP contribution in [0.1, 0.15) is 39.7 Å². The van der Waals surface area contributed by atoms with Crippen LogP contribution in [0.4, 0.5) is 0 Å². The summed E-state index contributed by atoms with van der Waals surface area (Å²) in [5.41, 5.74) is 1.86. The van der Waals surface area contributed by atoms with Gasteiger partial charge in [0.15, 0.2) is 0 Å². The summed E-state index contributed by atoms with van der Waals surface area (Å²) < 4.78 is 5.51. The molecule has 126 valence electrons. The Morgan fingerprint density at radius 3 is 2.96 bits per heavy atom. The lowest BCUT2D eigenvalue weighted by atomic mass is 10.1. The van der Waals surface area contributed by atoms with E-state index in [1.165, 1.54) is 17.7 Å². The monoisotopic (exact) mass is 342 g/mol. The van der Waals surface area contributed by atoms with Crippen LogP contribution >= 0.6 is 11.3 Å². The highest BCUT2D eigenvalue weighted by molar-refractivity contribution is 7.10. The van der Waals surface area contributed by atoms with E-state index >= 15 is 0 Å². The first kappa shape index (κ1) is 15.7. The topological polar surface area (TPSA) is 41.6 Å². The van der Waals surface area contributed by atoms with Gasteiger partial charge in [-0.2, -0.15) is 0 Å². The zero-order valence-corrected chi connectivity index (χ0v) is 14.5. The van der Waals surface area contributed by atoms with Crippen LogP contribution in [0.25, 0.3) is 0 Å². The quantitative estimate of drug-likeness (QED) is 0.907. The number of amides is 1. The molecule has 1 saturated heterocycles. The number of carbonyl (C=O) groups is 1. The van der Waals surface area contributed by atoms with E-state index in [2.05, 4.69) is 27.7 Å². The number of nitrogens with zero attached hydrogens (tertiary/aromatic N) is 1. The summed E-state index contributed by atoms with van der Waals surface area (Å²) in [4.78, 5) is 16.4. The van der Waals surface area contributed by atoms with Crippen molar-refractivity contribution in [3.63, 3.8) is 0 Å². The second-order valence-corrected chi connectivity index (χ2v) is 7.38. The third-order valence-corrected chi connectivity index (χ3v) is 5.83. The number of hydrogen-bond donors (Lipinski definition) is 1. The third kappa shape index (κ3) is 3.19. The standard InChI is InChI=1S/C19H22N2O2S/c22-19(15-5-6-17-14(12-15)7-10-23-17)20-13-16(18-4-3-11-24-18)21-8-1-2-9-21/h3-6,11-12,16H,1-2,7-10,13H2,(H,20,22)/t16-/m0/s1. The highest BCUT2D eigenvalue weighted by Gasteiger charge is 2.25. The zero-order valence-electron chi connectivity index (χ0n) is 13.7. The van der Waals surface area contributed by atoms with E-state index in [0.29, 0.717) is 6.54 Å². The van der Waals surface area contributed by atoms with Crippen molar-refractivity contribution in [2.75, 3.05) is 26.2 Å². The normalized spacial score (nSPS) is 18.2. The Kier molecular flexibility index (Phi) is 4.54. The van der Waals surface area contributed by atoms with E-state index in [9.17, 15) is 4.79 Å². The highest BCUT2D eigenvalue weighted by Crippen LogP contribution is 2.28. The van der Waals surface area contributed by atoms with Gasteiger partial charge in [0, 0.05) is 23.4 Å². The number of benzene rings is 1. The van der Waals surface area contributed by atoms with Crippen molar-refractivity contribution in [3.8, 4) is 5.75 Å². The van der Waals surface area contributed by atoms with Gasteiger partial charge in [0.05, 0.1) is 12.6 Å². The first-order chi connectivity index (χ1) is 11.8. The predicted molar refractivity (Wildman–Crippen MR) is 95.8 cm³/mol. The van der Waals surface area contributed by atoms with Crippen LogP contribution in [-0.2, 0) is 6.42 Å². The van der Waals surface area contributed by atoms with Gasteiger partial charge in [0.2, 0.25) is 0 Å². The van der Waals surface area contributed by atoms with Gasteiger partial charge in [-0.3, -0.25) is 9.69 Å². The van der Waals surface area contributed by atoms with Crippen molar-refractivity contribution in [1.29, 1.82) is 0 Å². The number of rotatable bonds is 5. The molecule has 2 aliphatic rings. The number of thiophene rings is 1. The van der Waals surface area contributed by atoms with Gasteiger partial charge in [-0.25, -0.2) is 0 Å². The molecule has 1 fully saturated rings. The maximum atomic E-state index is 12.6. The van der Waals surface area contributed by atoms with Gasteiger partial charge in [0.1, 0.15) is 5.75 Å². The number of hydrogen-bond acceptors (Lipinski definition) is 4. The van der Waals surface area contributed by atoms with Crippen LogP contribution in [0.5, 0.6) is 5.75 Å². The minimum atomic E-state index is 0.00505. The lowest BCUT2D eigenvalue weighted by molar-refractivity contribution is 0.0938. The Balaban J connectivity index is 1.44. The second-order valence-electron chi connectivity index (χ2n) is 6.41. The number of fused-ring (bicyclic) bond motifs is 1. The molecule has 24 heavy (non-hydrogen) atoms. The van der Waals surface area contributed by atoms with Crippen molar-refractivity contribution in [2.24, 2.45) is 0 Å². The Morgan fingerprint density at radius 1 is 1.29 bits per heavy atom. The molecule has 2 aliphatic heterocycles. The van der Waals surface area contributed by atoms with Crippen LogP contribution < -0.4 is 10.1 Å². The van der Waals surface area contributed by atoms with Gasteiger partial charge in [-0.15, -0.1) is 11.3 Å². The van der Waals surface area contributed by atoms with Crippen LogP contribution in [0.15, 0.2) is 35.7 Å². The lowest BCUT2D eigenvalue weighted by Crippen LogP contribution is -2.36. The van der Waals surface area contributed by atoms with Crippen LogP contribution in [0.3, 0.4) is 0 Å². The molecule has 0 spiro atoms. The lowest BCUT2D eigenvalue weighted by Gasteiger charge is -2.27. The molecule has 1 amide bonds. The molecule has 1 aromatic heterocycles. The smallest absolute Gasteiger partial charge is 0.251 e. The van der Waals surface area contributed by atoms with Crippen molar-refractivity contribution < 1.29 is 9.53 Å². The molecule has 0 bridgehead atoms. The van der Waals surface area contributed by atoms with Crippen LogP contribution in [0, 0.1) is 0 Å². The fourth-order valence-electron chi connectivity index (χ4n) is 3.56. The van der Waals surface area contributed by atoms with E-state index in [1.807, 2.05) is 18.2 Å². The van der Waals surface area contributed by atoms with Crippen molar-refractivity contribution in [1.82, 2.24) is 10.2 Å². The van der Waals surface area contributed by atoms with Gasteiger partial charge in [-0.1, -0.05) is 6.07 Å². The summed E-state index contributed by atoms with van der Waals surface area (Å²) in [6.07, 6.45) is 3.39. The maximum Gasteiger partial charge on any atom is 0.251 e. The van der Waals surface area contributed by atoms with Gasteiger partial charge >= 0.3 is 0 Å². The van der Waals surface area contributed by atoms with E-state index in [1.54, 1.807) is 11.3 Å². The van der Waals surface area contributed by atoms with Crippen molar-refractivity contribution in [2.45, 2.75) is 25.3 Å². The summed E-state index contributed by atoms with van der Waals surface area (Å²) >= 11 is 1.77. The fraction of sp³-hybridized carbons (Fsp3) is 0.421. The molecule has 2 aromatic rings. The average Bonchev–Trinajstić information content (AvgIpc) is 3.36. The summed E-state index contributed by atoms with van der Waals surface area (Å²) in [6, 6.07) is 10.3. The zero-order chi connectivity index (χ0) is 16.4. The molecule has 0 radical (unpaired) electrons. The minimum absolute atomic E-state index is 0.00505. The fourth-order valence-corrected chi connectivity index (χ4v) is 4.42. The van der Waals surface area contributed by atoms with Gasteiger partial charge < -0.3 is 10.1 Å². The molecule has 1 N–H and O–H groups in total. The van der Waals surface area contributed by atoms with Crippen molar-refractivity contribution >= 4 is 17.2 Å². The Morgan fingerprint density at radius 2 is 2.17 bits per heavy atom. The van der Waals surface area contributed by atoms with E-state index in [4.69, 9.17) is 4.74 Å². The number of carbonyl (C=O) groups excluding carboxylic acids is 1. The average molecular weight is 342 g/mol. The number of nitrogens with one attached hydrogen (secondary N) is 1. The molecule has 3 heterocycles. The van der Waals surface area contributed by atoms with E-state index < -0.39 is 0 Å². The summed E-state index contributed by atoms with van der Waals surface area (Å²) in [7, 11) is 0. The Hall–Kier alpha value is -1.85.